The van der Waals surface area contributed by atoms with Crippen molar-refractivity contribution in [1.29, 1.82) is 0 Å². The maximum absolute atomic E-state index is 5.55. The summed E-state index contributed by atoms with van der Waals surface area (Å²) in [6.07, 6.45) is 4.50. The third-order valence-electron chi connectivity index (χ3n) is 2.93. The second-order valence-electron chi connectivity index (χ2n) is 4.21. The zero-order chi connectivity index (χ0) is 12.4. The molecule has 0 saturated carbocycles. The van der Waals surface area contributed by atoms with Crippen molar-refractivity contribution in [3.05, 3.63) is 48.3 Å². The summed E-state index contributed by atoms with van der Waals surface area (Å²) in [5.74, 6) is 0. The van der Waals surface area contributed by atoms with E-state index in [1.54, 1.807) is 6.20 Å². The highest BCUT2D eigenvalue weighted by atomic mass is 16.6. The predicted octanol–water partition coefficient (Wildman–Crippen LogP) is 1.32. The molecular formula is C13H14N4O. The van der Waals surface area contributed by atoms with Crippen LogP contribution in [-0.2, 0) is 4.84 Å². The molecule has 0 fully saturated rings. The number of aromatic nitrogens is 2. The Hall–Kier alpha value is -2.14. The monoisotopic (exact) mass is 242 g/mol. The minimum atomic E-state index is 0.0000697. The van der Waals surface area contributed by atoms with Crippen LogP contribution in [0.3, 0.4) is 0 Å². The van der Waals surface area contributed by atoms with E-state index in [2.05, 4.69) is 10.3 Å². The summed E-state index contributed by atoms with van der Waals surface area (Å²) in [5, 5.41) is 8.38. The van der Waals surface area contributed by atoms with Gasteiger partial charge in [-0.2, -0.15) is 5.10 Å². The van der Waals surface area contributed by atoms with Crippen LogP contribution in [0.15, 0.2) is 47.9 Å². The Kier molecular flexibility index (Phi) is 2.82. The van der Waals surface area contributed by atoms with Gasteiger partial charge in [-0.1, -0.05) is 23.4 Å². The fourth-order valence-electron chi connectivity index (χ4n) is 1.92. The number of para-hydroxylation sites is 1. The molecule has 2 aromatic rings. The Morgan fingerprint density at radius 1 is 1.33 bits per heavy atom. The van der Waals surface area contributed by atoms with Crippen LogP contribution in [0.25, 0.3) is 5.69 Å². The molecule has 0 radical (unpaired) electrons. The Bertz CT molecular complexity index is 561. The molecule has 2 heterocycles. The van der Waals surface area contributed by atoms with E-state index in [4.69, 9.17) is 10.6 Å². The molecule has 0 aliphatic carbocycles. The van der Waals surface area contributed by atoms with Crippen molar-refractivity contribution >= 4 is 5.71 Å². The van der Waals surface area contributed by atoms with Crippen molar-refractivity contribution in [1.82, 2.24) is 9.78 Å². The van der Waals surface area contributed by atoms with E-state index in [-0.39, 0.29) is 6.10 Å². The van der Waals surface area contributed by atoms with Crippen LogP contribution in [0, 0.1) is 0 Å². The smallest absolute Gasteiger partial charge is 0.145 e. The topological polar surface area (TPSA) is 65.4 Å². The van der Waals surface area contributed by atoms with Gasteiger partial charge in [-0.3, -0.25) is 0 Å². The summed E-state index contributed by atoms with van der Waals surface area (Å²) in [6, 6.07) is 9.96. The lowest BCUT2D eigenvalue weighted by Gasteiger charge is -2.01. The lowest BCUT2D eigenvalue weighted by Crippen LogP contribution is -2.19. The van der Waals surface area contributed by atoms with E-state index in [0.717, 1.165) is 23.4 Å². The maximum atomic E-state index is 5.55. The van der Waals surface area contributed by atoms with Crippen LogP contribution in [0.1, 0.15) is 12.0 Å². The maximum Gasteiger partial charge on any atom is 0.145 e. The first-order chi connectivity index (χ1) is 8.86. The molecule has 1 aromatic heterocycles. The van der Waals surface area contributed by atoms with E-state index < -0.39 is 0 Å². The normalized spacial score (nSPS) is 18.5. The number of hydrogen-bond acceptors (Lipinski definition) is 4. The zero-order valence-electron chi connectivity index (χ0n) is 9.86. The molecule has 3 rings (SSSR count). The Morgan fingerprint density at radius 2 is 2.17 bits per heavy atom. The molecule has 92 valence electrons. The van der Waals surface area contributed by atoms with E-state index in [0.29, 0.717) is 6.54 Å². The quantitative estimate of drug-likeness (QED) is 0.882. The van der Waals surface area contributed by atoms with Crippen LogP contribution >= 0.6 is 0 Å². The van der Waals surface area contributed by atoms with Crippen LogP contribution in [0.2, 0.25) is 0 Å². The Morgan fingerprint density at radius 3 is 2.89 bits per heavy atom. The van der Waals surface area contributed by atoms with Crippen molar-refractivity contribution < 1.29 is 4.84 Å². The van der Waals surface area contributed by atoms with Crippen molar-refractivity contribution in [3.63, 3.8) is 0 Å². The minimum Gasteiger partial charge on any atom is -0.390 e. The fraction of sp³-hybridized carbons (Fsp3) is 0.231. The average molecular weight is 242 g/mol. The number of oxime groups is 1. The Labute approximate surface area is 105 Å². The van der Waals surface area contributed by atoms with Gasteiger partial charge in [-0.25, -0.2) is 4.68 Å². The van der Waals surface area contributed by atoms with Gasteiger partial charge >= 0.3 is 0 Å². The first kappa shape index (κ1) is 11.0. The number of nitrogens with two attached hydrogens (primary N) is 1. The molecule has 1 unspecified atom stereocenters. The third-order valence-corrected chi connectivity index (χ3v) is 2.93. The second-order valence-corrected chi connectivity index (χ2v) is 4.21. The molecule has 5 heteroatoms. The van der Waals surface area contributed by atoms with Crippen LogP contribution in [0.4, 0.5) is 0 Å². The molecule has 0 bridgehead atoms. The van der Waals surface area contributed by atoms with Gasteiger partial charge in [0.25, 0.3) is 0 Å². The summed E-state index contributed by atoms with van der Waals surface area (Å²) in [7, 11) is 0. The lowest BCUT2D eigenvalue weighted by atomic mass is 10.1. The standard InChI is InChI=1S/C13H14N4O/c14-7-12-6-13(16-18-12)10-8-15-17(9-10)11-4-2-1-3-5-11/h1-5,8-9,12H,6-7,14H2. The van der Waals surface area contributed by atoms with Crippen LogP contribution in [-0.4, -0.2) is 28.1 Å². The highest BCUT2D eigenvalue weighted by Crippen LogP contribution is 2.16. The first-order valence-electron chi connectivity index (χ1n) is 5.90. The number of benzene rings is 1. The van der Waals surface area contributed by atoms with Crippen molar-refractivity contribution in [3.8, 4) is 5.69 Å². The van der Waals surface area contributed by atoms with Gasteiger partial charge in [0.2, 0.25) is 0 Å². The predicted molar refractivity (Wildman–Crippen MR) is 68.6 cm³/mol. The zero-order valence-corrected chi connectivity index (χ0v) is 9.86. The Balaban J connectivity index is 1.83. The summed E-state index contributed by atoms with van der Waals surface area (Å²) >= 11 is 0. The van der Waals surface area contributed by atoms with Gasteiger partial charge in [-0.05, 0) is 12.1 Å². The van der Waals surface area contributed by atoms with Crippen molar-refractivity contribution in [2.45, 2.75) is 12.5 Å². The van der Waals surface area contributed by atoms with Gasteiger partial charge in [0.05, 0.1) is 17.6 Å². The number of hydrogen-bond donors (Lipinski definition) is 1. The third kappa shape index (κ3) is 2.00. The molecule has 0 saturated heterocycles. The van der Waals surface area contributed by atoms with Gasteiger partial charge in [0.1, 0.15) is 6.10 Å². The summed E-state index contributed by atoms with van der Waals surface area (Å²) in [5.41, 5.74) is 8.47. The molecule has 5 nitrogen and oxygen atoms in total. The molecule has 0 spiro atoms. The van der Waals surface area contributed by atoms with Gasteiger partial charge in [0.15, 0.2) is 0 Å². The summed E-state index contributed by atoms with van der Waals surface area (Å²) in [4.78, 5) is 5.21. The molecule has 2 N–H and O–H groups in total. The van der Waals surface area contributed by atoms with Crippen LogP contribution < -0.4 is 5.73 Å². The van der Waals surface area contributed by atoms with Crippen LogP contribution in [0.5, 0.6) is 0 Å². The van der Waals surface area contributed by atoms with Gasteiger partial charge in [0, 0.05) is 24.7 Å². The average Bonchev–Trinajstić information content (AvgIpc) is 3.08. The molecule has 18 heavy (non-hydrogen) atoms. The van der Waals surface area contributed by atoms with Crippen molar-refractivity contribution in [2.24, 2.45) is 10.9 Å². The van der Waals surface area contributed by atoms with E-state index >= 15 is 0 Å². The number of nitrogens with zero attached hydrogens (tertiary/aromatic N) is 3. The van der Waals surface area contributed by atoms with Gasteiger partial charge < -0.3 is 10.6 Å². The summed E-state index contributed by atoms with van der Waals surface area (Å²) < 4.78 is 1.83. The van der Waals surface area contributed by atoms with Crippen molar-refractivity contribution in [2.75, 3.05) is 6.54 Å². The molecule has 0 amide bonds. The van der Waals surface area contributed by atoms with E-state index in [9.17, 15) is 0 Å². The van der Waals surface area contributed by atoms with E-state index in [1.165, 1.54) is 0 Å². The first-order valence-corrected chi connectivity index (χ1v) is 5.90. The highest BCUT2D eigenvalue weighted by Gasteiger charge is 2.21. The largest absolute Gasteiger partial charge is 0.390 e. The molecule has 1 aromatic carbocycles. The second kappa shape index (κ2) is 4.62. The molecule has 1 atom stereocenters. The molecule has 1 aliphatic heterocycles. The van der Waals surface area contributed by atoms with E-state index in [1.807, 2.05) is 41.2 Å². The highest BCUT2D eigenvalue weighted by molar-refractivity contribution is 6.00. The molecular weight excluding hydrogens is 228 g/mol. The molecule has 1 aliphatic rings. The lowest BCUT2D eigenvalue weighted by molar-refractivity contribution is 0.0918. The van der Waals surface area contributed by atoms with Gasteiger partial charge in [-0.15, -0.1) is 0 Å². The number of rotatable bonds is 3. The minimum absolute atomic E-state index is 0.0000697. The SMILES string of the molecule is NCC1CC(c2cnn(-c3ccccc3)c2)=NO1. The fourth-order valence-corrected chi connectivity index (χ4v) is 1.92. The summed E-state index contributed by atoms with van der Waals surface area (Å²) in [6.45, 7) is 0.486.